The molecule has 0 nitrogen and oxygen atoms in total. The molecule has 19 heavy (non-hydrogen) atoms. The first-order chi connectivity index (χ1) is 8.88. The van der Waals surface area contributed by atoms with Gasteiger partial charge in [0, 0.05) is 16.1 Å². The van der Waals surface area contributed by atoms with E-state index < -0.39 is 28.6 Å². The van der Waals surface area contributed by atoms with Crippen LogP contribution in [0.5, 0.6) is 0 Å². The Hall–Kier alpha value is -1.07. The van der Waals surface area contributed by atoms with Crippen molar-refractivity contribution in [1.82, 2.24) is 0 Å². The third-order valence-corrected chi connectivity index (χ3v) is 3.44. The minimum Gasteiger partial charge on any atom is -0.207 e. The molecule has 100 valence electrons. The van der Waals surface area contributed by atoms with Gasteiger partial charge in [0.25, 0.3) is 0 Å². The van der Waals surface area contributed by atoms with Gasteiger partial charge in [0.2, 0.25) is 0 Å². The predicted molar refractivity (Wildman–Crippen MR) is 68.1 cm³/mol. The van der Waals surface area contributed by atoms with Crippen molar-refractivity contribution in [2.24, 2.45) is 0 Å². The molecule has 0 saturated carbocycles. The van der Waals surface area contributed by atoms with Gasteiger partial charge in [0.1, 0.15) is 11.6 Å². The Morgan fingerprint density at radius 3 is 2.11 bits per heavy atom. The normalized spacial score (nSPS) is 12.5. The zero-order valence-corrected chi connectivity index (χ0v) is 11.6. The van der Waals surface area contributed by atoms with Crippen molar-refractivity contribution in [2.75, 3.05) is 0 Å². The highest BCUT2D eigenvalue weighted by Crippen LogP contribution is 2.33. The lowest BCUT2D eigenvalue weighted by Gasteiger charge is -2.12. The van der Waals surface area contributed by atoms with Crippen LogP contribution in [0.4, 0.5) is 17.6 Å². The lowest BCUT2D eigenvalue weighted by Crippen LogP contribution is -2.01. The topological polar surface area (TPSA) is 0 Å². The van der Waals surface area contributed by atoms with Crippen LogP contribution in [0, 0.1) is 23.3 Å². The Morgan fingerprint density at radius 2 is 1.47 bits per heavy atom. The van der Waals surface area contributed by atoms with E-state index in [9.17, 15) is 17.6 Å². The number of rotatable bonds is 2. The second kappa shape index (κ2) is 5.51. The van der Waals surface area contributed by atoms with E-state index >= 15 is 0 Å². The zero-order valence-electron chi connectivity index (χ0n) is 9.23. The van der Waals surface area contributed by atoms with Gasteiger partial charge in [0.15, 0.2) is 11.6 Å². The fraction of sp³-hybridized carbons (Fsp3) is 0.0769. The molecule has 1 unspecified atom stereocenters. The number of hydrogen-bond donors (Lipinski definition) is 0. The smallest absolute Gasteiger partial charge is 0.161 e. The Balaban J connectivity index is 2.49. The fourth-order valence-corrected chi connectivity index (χ4v) is 2.41. The molecule has 0 N–H and O–H groups in total. The van der Waals surface area contributed by atoms with Crippen LogP contribution in [-0.4, -0.2) is 0 Å². The molecule has 6 heteroatoms. The fourth-order valence-electron chi connectivity index (χ4n) is 1.63. The summed E-state index contributed by atoms with van der Waals surface area (Å²) >= 11 is 9.06. The molecule has 1 atom stereocenters. The van der Waals surface area contributed by atoms with Crippen LogP contribution in [0.15, 0.2) is 34.8 Å². The van der Waals surface area contributed by atoms with Gasteiger partial charge in [-0.25, -0.2) is 17.6 Å². The van der Waals surface area contributed by atoms with Crippen molar-refractivity contribution in [3.05, 3.63) is 69.2 Å². The molecule has 0 spiro atoms. The quantitative estimate of drug-likeness (QED) is 0.389. The molecule has 2 aromatic carbocycles. The largest absolute Gasteiger partial charge is 0.207 e. The average Bonchev–Trinajstić information content (AvgIpc) is 2.31. The second-order valence-electron chi connectivity index (χ2n) is 3.85. The van der Waals surface area contributed by atoms with Crippen LogP contribution in [-0.2, 0) is 0 Å². The predicted octanol–water partition coefficient (Wildman–Crippen LogP) is 5.33. The molecular formula is C13H6BrClF4. The number of benzene rings is 2. The first-order valence-electron chi connectivity index (χ1n) is 5.13. The maximum Gasteiger partial charge on any atom is 0.161 e. The number of alkyl halides is 1. The Bertz CT molecular complexity index is 610. The summed E-state index contributed by atoms with van der Waals surface area (Å²) in [7, 11) is 0. The molecule has 0 aliphatic rings. The van der Waals surface area contributed by atoms with Crippen LogP contribution in [0.2, 0.25) is 0 Å². The summed E-state index contributed by atoms with van der Waals surface area (Å²) in [5, 5.41) is -1.12. The first kappa shape index (κ1) is 14.3. The maximum atomic E-state index is 13.6. The molecular weight excluding hydrogens is 347 g/mol. The van der Waals surface area contributed by atoms with Gasteiger partial charge >= 0.3 is 0 Å². The summed E-state index contributed by atoms with van der Waals surface area (Å²) in [5.41, 5.74) is -0.0171. The Labute approximate surface area is 120 Å². The van der Waals surface area contributed by atoms with Gasteiger partial charge in [-0.15, -0.1) is 11.6 Å². The van der Waals surface area contributed by atoms with Crippen LogP contribution >= 0.6 is 27.5 Å². The van der Waals surface area contributed by atoms with Crippen molar-refractivity contribution in [3.63, 3.8) is 0 Å². The molecule has 0 heterocycles. The highest BCUT2D eigenvalue weighted by molar-refractivity contribution is 9.10. The molecule has 2 rings (SSSR count). The molecule has 0 bridgehead atoms. The van der Waals surface area contributed by atoms with Crippen LogP contribution in [0.1, 0.15) is 16.5 Å². The molecule has 0 aliphatic heterocycles. The van der Waals surface area contributed by atoms with Crippen LogP contribution in [0.3, 0.4) is 0 Å². The molecule has 0 saturated heterocycles. The Morgan fingerprint density at radius 1 is 0.842 bits per heavy atom. The van der Waals surface area contributed by atoms with Gasteiger partial charge in [-0.05, 0) is 29.8 Å². The molecule has 0 aromatic heterocycles. The minimum absolute atomic E-state index is 0.235. The first-order valence-corrected chi connectivity index (χ1v) is 6.36. The standard InChI is InChI=1S/C13H6BrClF4/c14-7-1-6(2-8(16)3-7)13(15)9-4-11(18)12(19)5-10(9)17/h1-5,13H. The highest BCUT2D eigenvalue weighted by atomic mass is 79.9. The second-order valence-corrected chi connectivity index (χ2v) is 5.21. The monoisotopic (exact) mass is 352 g/mol. The van der Waals surface area contributed by atoms with E-state index in [-0.39, 0.29) is 11.1 Å². The molecule has 0 aliphatic carbocycles. The minimum atomic E-state index is -1.30. The lowest BCUT2D eigenvalue weighted by molar-refractivity contribution is 0.490. The lowest BCUT2D eigenvalue weighted by atomic mass is 10.0. The van der Waals surface area contributed by atoms with Gasteiger partial charge < -0.3 is 0 Å². The van der Waals surface area contributed by atoms with Crippen molar-refractivity contribution < 1.29 is 17.6 Å². The van der Waals surface area contributed by atoms with E-state index in [1.165, 1.54) is 12.1 Å². The average molecular weight is 354 g/mol. The number of hydrogen-bond acceptors (Lipinski definition) is 0. The van der Waals surface area contributed by atoms with Crippen molar-refractivity contribution in [2.45, 2.75) is 5.38 Å². The highest BCUT2D eigenvalue weighted by Gasteiger charge is 2.19. The maximum absolute atomic E-state index is 13.6. The van der Waals surface area contributed by atoms with Gasteiger partial charge in [-0.1, -0.05) is 15.9 Å². The molecule has 2 aromatic rings. The summed E-state index contributed by atoms with van der Waals surface area (Å²) < 4.78 is 53.2. The summed E-state index contributed by atoms with van der Waals surface area (Å²) in [6.45, 7) is 0. The van der Waals surface area contributed by atoms with Crippen molar-refractivity contribution >= 4 is 27.5 Å². The van der Waals surface area contributed by atoms with E-state index in [4.69, 9.17) is 11.6 Å². The SMILES string of the molecule is Fc1cc(Br)cc(C(Cl)c2cc(F)c(F)cc2F)c1. The summed E-state index contributed by atoms with van der Waals surface area (Å²) in [6.07, 6.45) is 0. The Kier molecular flexibility index (Phi) is 4.16. The van der Waals surface area contributed by atoms with E-state index in [2.05, 4.69) is 15.9 Å². The van der Waals surface area contributed by atoms with E-state index in [0.29, 0.717) is 16.6 Å². The molecule has 0 fully saturated rings. The van der Waals surface area contributed by atoms with Gasteiger partial charge in [-0.2, -0.15) is 0 Å². The van der Waals surface area contributed by atoms with E-state index in [0.717, 1.165) is 6.07 Å². The summed E-state index contributed by atoms with van der Waals surface area (Å²) in [6, 6.07) is 4.86. The zero-order chi connectivity index (χ0) is 14.2. The van der Waals surface area contributed by atoms with Gasteiger partial charge in [0.05, 0.1) is 5.38 Å². The third kappa shape index (κ3) is 3.09. The van der Waals surface area contributed by atoms with Gasteiger partial charge in [-0.3, -0.25) is 0 Å². The molecule has 0 amide bonds. The summed E-state index contributed by atoms with van der Waals surface area (Å²) in [5.74, 6) is -4.07. The van der Waals surface area contributed by atoms with E-state index in [1.54, 1.807) is 0 Å². The van der Waals surface area contributed by atoms with Crippen LogP contribution < -0.4 is 0 Å². The number of halogens is 6. The molecule has 0 radical (unpaired) electrons. The third-order valence-electron chi connectivity index (χ3n) is 2.49. The van der Waals surface area contributed by atoms with E-state index in [1.807, 2.05) is 0 Å². The summed E-state index contributed by atoms with van der Waals surface area (Å²) in [4.78, 5) is 0. The van der Waals surface area contributed by atoms with Crippen molar-refractivity contribution in [3.8, 4) is 0 Å². The van der Waals surface area contributed by atoms with Crippen molar-refractivity contribution in [1.29, 1.82) is 0 Å². The van der Waals surface area contributed by atoms with Crippen LogP contribution in [0.25, 0.3) is 0 Å².